The first kappa shape index (κ1) is 25.5. The molecule has 1 aliphatic heterocycles. The van der Waals surface area contributed by atoms with Gasteiger partial charge in [-0.25, -0.2) is 4.79 Å². The second kappa shape index (κ2) is 12.2. The fraction of sp³-hybridized carbons (Fsp3) is 0.636. The number of hydrogen-bond donors (Lipinski definition) is 3. The third-order valence-electron chi connectivity index (χ3n) is 4.97. The SMILES string of the molecule is CN=C(NCc1cccc(NC(=O)N2CCCC2)c1)NC(C)CCC(C)(C)C.I. The van der Waals surface area contributed by atoms with Gasteiger partial charge in [0.05, 0.1) is 0 Å². The quantitative estimate of drug-likeness (QED) is 0.289. The Kier molecular flexibility index (Phi) is 10.8. The molecule has 0 bridgehead atoms. The van der Waals surface area contributed by atoms with E-state index in [1.807, 2.05) is 23.1 Å². The van der Waals surface area contributed by atoms with Gasteiger partial charge in [0.25, 0.3) is 0 Å². The monoisotopic (exact) mass is 515 g/mol. The highest BCUT2D eigenvalue weighted by Crippen LogP contribution is 2.21. The first-order chi connectivity index (χ1) is 13.3. The Labute approximate surface area is 193 Å². The Balaban J connectivity index is 0.00000420. The van der Waals surface area contributed by atoms with Gasteiger partial charge in [-0.05, 0) is 55.7 Å². The minimum absolute atomic E-state index is 0. The molecule has 0 radical (unpaired) electrons. The summed E-state index contributed by atoms with van der Waals surface area (Å²) in [7, 11) is 1.79. The minimum atomic E-state index is -0.00670. The van der Waals surface area contributed by atoms with Crippen LogP contribution in [0.3, 0.4) is 0 Å². The summed E-state index contributed by atoms with van der Waals surface area (Å²) in [6, 6.07) is 8.31. The molecule has 1 atom stereocenters. The lowest BCUT2D eigenvalue weighted by Crippen LogP contribution is -2.42. The first-order valence-electron chi connectivity index (χ1n) is 10.4. The van der Waals surface area contributed by atoms with Gasteiger partial charge in [-0.1, -0.05) is 32.9 Å². The van der Waals surface area contributed by atoms with Crippen LogP contribution in [0.2, 0.25) is 0 Å². The number of rotatable bonds is 6. The Morgan fingerprint density at radius 2 is 1.93 bits per heavy atom. The van der Waals surface area contributed by atoms with E-state index < -0.39 is 0 Å². The molecule has 3 N–H and O–H groups in total. The molecule has 0 saturated carbocycles. The fourth-order valence-corrected chi connectivity index (χ4v) is 3.22. The number of carbonyl (C=O) groups excluding carboxylic acids is 1. The zero-order valence-electron chi connectivity index (χ0n) is 18.5. The minimum Gasteiger partial charge on any atom is -0.354 e. The second-order valence-electron chi connectivity index (χ2n) is 8.90. The molecule has 29 heavy (non-hydrogen) atoms. The summed E-state index contributed by atoms with van der Waals surface area (Å²) in [6.07, 6.45) is 4.45. The average Bonchev–Trinajstić information content (AvgIpc) is 3.18. The van der Waals surface area contributed by atoms with Crippen LogP contribution in [0.5, 0.6) is 0 Å². The van der Waals surface area contributed by atoms with Gasteiger partial charge in [0.2, 0.25) is 0 Å². The topological polar surface area (TPSA) is 68.8 Å². The number of likely N-dealkylation sites (tertiary alicyclic amines) is 1. The molecule has 1 aromatic carbocycles. The molecule has 0 spiro atoms. The summed E-state index contributed by atoms with van der Waals surface area (Å²) in [5, 5.41) is 9.82. The number of nitrogens with one attached hydrogen (secondary N) is 3. The van der Waals surface area contributed by atoms with E-state index in [0.717, 1.165) is 56.0 Å². The van der Waals surface area contributed by atoms with Crippen molar-refractivity contribution in [2.75, 3.05) is 25.5 Å². The van der Waals surface area contributed by atoms with Crippen LogP contribution in [0.15, 0.2) is 29.3 Å². The molecule has 6 nitrogen and oxygen atoms in total. The molecule has 164 valence electrons. The van der Waals surface area contributed by atoms with E-state index in [4.69, 9.17) is 0 Å². The van der Waals surface area contributed by atoms with Crippen molar-refractivity contribution in [2.24, 2.45) is 10.4 Å². The van der Waals surface area contributed by atoms with E-state index in [1.54, 1.807) is 7.05 Å². The van der Waals surface area contributed by atoms with E-state index in [0.29, 0.717) is 18.0 Å². The summed E-state index contributed by atoms with van der Waals surface area (Å²) in [4.78, 5) is 18.5. The number of carbonyl (C=O) groups is 1. The van der Waals surface area contributed by atoms with Crippen molar-refractivity contribution in [1.29, 1.82) is 0 Å². The third-order valence-corrected chi connectivity index (χ3v) is 4.97. The number of amides is 2. The van der Waals surface area contributed by atoms with Crippen molar-refractivity contribution < 1.29 is 4.79 Å². The van der Waals surface area contributed by atoms with Gasteiger partial charge in [0.15, 0.2) is 5.96 Å². The van der Waals surface area contributed by atoms with E-state index in [-0.39, 0.29) is 30.0 Å². The number of urea groups is 1. The number of halogens is 1. The Morgan fingerprint density at radius 3 is 2.55 bits per heavy atom. The molecule has 1 aliphatic rings. The maximum Gasteiger partial charge on any atom is 0.321 e. The highest BCUT2D eigenvalue weighted by atomic mass is 127. The largest absolute Gasteiger partial charge is 0.354 e. The van der Waals surface area contributed by atoms with Crippen LogP contribution >= 0.6 is 24.0 Å². The Morgan fingerprint density at radius 1 is 1.24 bits per heavy atom. The lowest BCUT2D eigenvalue weighted by Gasteiger charge is -2.23. The van der Waals surface area contributed by atoms with Crippen LogP contribution in [0, 0.1) is 5.41 Å². The summed E-state index contributed by atoms with van der Waals surface area (Å²) >= 11 is 0. The molecule has 1 unspecified atom stereocenters. The van der Waals surface area contributed by atoms with Gasteiger partial charge in [0.1, 0.15) is 0 Å². The molecule has 2 amide bonds. The van der Waals surface area contributed by atoms with Crippen LogP contribution in [-0.4, -0.2) is 43.1 Å². The smallest absolute Gasteiger partial charge is 0.321 e. The number of benzene rings is 1. The predicted octanol–water partition coefficient (Wildman–Crippen LogP) is 4.81. The summed E-state index contributed by atoms with van der Waals surface area (Å²) in [5.41, 5.74) is 2.27. The zero-order chi connectivity index (χ0) is 20.6. The van der Waals surface area contributed by atoms with Gasteiger partial charge < -0.3 is 20.9 Å². The van der Waals surface area contributed by atoms with Crippen LogP contribution in [0.25, 0.3) is 0 Å². The van der Waals surface area contributed by atoms with Crippen LogP contribution in [0.4, 0.5) is 10.5 Å². The van der Waals surface area contributed by atoms with E-state index in [1.165, 1.54) is 0 Å². The molecular weight excluding hydrogens is 477 g/mol. The molecule has 1 heterocycles. The highest BCUT2D eigenvalue weighted by molar-refractivity contribution is 14.0. The average molecular weight is 515 g/mol. The maximum absolute atomic E-state index is 12.3. The normalized spacial score (nSPS) is 15.5. The molecule has 0 aromatic heterocycles. The van der Waals surface area contributed by atoms with Crippen LogP contribution in [0.1, 0.15) is 58.9 Å². The van der Waals surface area contributed by atoms with Gasteiger partial charge in [-0.3, -0.25) is 4.99 Å². The second-order valence-corrected chi connectivity index (χ2v) is 8.90. The van der Waals surface area contributed by atoms with Gasteiger partial charge >= 0.3 is 6.03 Å². The molecule has 7 heteroatoms. The highest BCUT2D eigenvalue weighted by Gasteiger charge is 2.17. The van der Waals surface area contributed by atoms with Gasteiger partial charge in [0, 0.05) is 38.4 Å². The molecule has 1 aromatic rings. The Hall–Kier alpha value is -1.51. The number of hydrogen-bond acceptors (Lipinski definition) is 2. The molecule has 1 saturated heterocycles. The van der Waals surface area contributed by atoms with Crippen molar-refractivity contribution in [2.45, 2.75) is 66.0 Å². The lowest BCUT2D eigenvalue weighted by atomic mass is 9.89. The van der Waals surface area contributed by atoms with Crippen molar-refractivity contribution in [3.05, 3.63) is 29.8 Å². The Bertz CT molecular complexity index is 665. The molecule has 0 aliphatic carbocycles. The van der Waals surface area contributed by atoms with Crippen LogP contribution in [-0.2, 0) is 6.54 Å². The lowest BCUT2D eigenvalue weighted by molar-refractivity contribution is 0.222. The molecular formula is C22H38IN5O. The van der Waals surface area contributed by atoms with Crippen LogP contribution < -0.4 is 16.0 Å². The number of aliphatic imine (C=N–C) groups is 1. The predicted molar refractivity (Wildman–Crippen MR) is 133 cm³/mol. The van der Waals surface area contributed by atoms with E-state index >= 15 is 0 Å². The molecule has 1 fully saturated rings. The standard InChI is InChI=1S/C22H37N5O.HI/c1-17(11-12-22(2,3)4)25-20(23-5)24-16-18-9-8-10-19(15-18)26-21(28)27-13-6-7-14-27;/h8-10,15,17H,6-7,11-14,16H2,1-5H3,(H,26,28)(H2,23,24,25);1H. The van der Waals surface area contributed by atoms with Gasteiger partial charge in [-0.2, -0.15) is 0 Å². The third kappa shape index (κ3) is 9.69. The van der Waals surface area contributed by atoms with Crippen molar-refractivity contribution in [3.8, 4) is 0 Å². The first-order valence-corrected chi connectivity index (χ1v) is 10.4. The zero-order valence-corrected chi connectivity index (χ0v) is 20.9. The molecule has 2 rings (SSSR count). The maximum atomic E-state index is 12.3. The van der Waals surface area contributed by atoms with E-state index in [2.05, 4.69) is 54.7 Å². The van der Waals surface area contributed by atoms with Gasteiger partial charge in [-0.15, -0.1) is 24.0 Å². The van der Waals surface area contributed by atoms with Crippen molar-refractivity contribution in [3.63, 3.8) is 0 Å². The number of guanidine groups is 1. The summed E-state index contributed by atoms with van der Waals surface area (Å²) in [6.45, 7) is 11.3. The number of anilines is 1. The fourth-order valence-electron chi connectivity index (χ4n) is 3.22. The van der Waals surface area contributed by atoms with Crippen molar-refractivity contribution >= 4 is 41.7 Å². The van der Waals surface area contributed by atoms with Crippen molar-refractivity contribution in [1.82, 2.24) is 15.5 Å². The summed E-state index contributed by atoms with van der Waals surface area (Å²) < 4.78 is 0. The summed E-state index contributed by atoms with van der Waals surface area (Å²) in [5.74, 6) is 0.799. The number of nitrogens with zero attached hydrogens (tertiary/aromatic N) is 2. The van der Waals surface area contributed by atoms with E-state index in [9.17, 15) is 4.79 Å².